The molecule has 0 aliphatic heterocycles. The summed E-state index contributed by atoms with van der Waals surface area (Å²) in [6, 6.07) is 6.02. The third kappa shape index (κ3) is 2.85. The van der Waals surface area contributed by atoms with Crippen molar-refractivity contribution in [1.29, 1.82) is 0 Å². The van der Waals surface area contributed by atoms with E-state index in [0.717, 1.165) is 6.26 Å². The van der Waals surface area contributed by atoms with Crippen LogP contribution in [0, 0.1) is 0 Å². The fourth-order valence-electron chi connectivity index (χ4n) is 0.989. The maximum Gasteiger partial charge on any atom is 0.221 e. The summed E-state index contributed by atoms with van der Waals surface area (Å²) < 4.78 is 22.2. The molecule has 0 aliphatic carbocycles. The summed E-state index contributed by atoms with van der Waals surface area (Å²) >= 11 is 0. The molecule has 0 spiro atoms. The Bertz CT molecular complexity index is 434. The van der Waals surface area contributed by atoms with Crippen molar-refractivity contribution < 1.29 is 13.2 Å². The Morgan fingerprint density at radius 3 is 2.07 bits per heavy atom. The molecule has 1 aromatic rings. The third-order valence-corrected chi connectivity index (χ3v) is 2.73. The number of hydrogen-bond acceptors (Lipinski definition) is 3. The van der Waals surface area contributed by atoms with Crippen molar-refractivity contribution in [2.45, 2.75) is 11.8 Å². The fourth-order valence-corrected chi connectivity index (χ4v) is 1.62. The van der Waals surface area contributed by atoms with Gasteiger partial charge in [0, 0.05) is 18.9 Å². The van der Waals surface area contributed by atoms with Crippen LogP contribution < -0.4 is 5.32 Å². The summed E-state index contributed by atoms with van der Waals surface area (Å²) in [6.45, 7) is 1.39. The van der Waals surface area contributed by atoms with Crippen molar-refractivity contribution in [2.24, 2.45) is 0 Å². The minimum atomic E-state index is -3.16. The Labute approximate surface area is 82.9 Å². The molecule has 0 unspecified atom stereocenters. The second-order valence-electron chi connectivity index (χ2n) is 2.98. The smallest absolute Gasteiger partial charge is 0.221 e. The summed E-state index contributed by atoms with van der Waals surface area (Å²) in [6.07, 6.45) is 1.14. The average Bonchev–Trinajstić information content (AvgIpc) is 2.02. The molecule has 0 fully saturated rings. The number of rotatable bonds is 2. The van der Waals surface area contributed by atoms with Crippen molar-refractivity contribution in [3.63, 3.8) is 0 Å². The molecule has 5 heteroatoms. The minimum Gasteiger partial charge on any atom is -0.326 e. The predicted octanol–water partition coefficient (Wildman–Crippen LogP) is 1.05. The number of carbonyl (C=O) groups is 1. The number of nitrogens with one attached hydrogen (secondary N) is 1. The largest absolute Gasteiger partial charge is 0.326 e. The quantitative estimate of drug-likeness (QED) is 0.798. The minimum absolute atomic E-state index is 0.183. The molecule has 0 aliphatic rings. The van der Waals surface area contributed by atoms with Gasteiger partial charge in [-0.2, -0.15) is 0 Å². The Kier molecular flexibility index (Phi) is 2.90. The predicted molar refractivity (Wildman–Crippen MR) is 53.9 cm³/mol. The van der Waals surface area contributed by atoms with Gasteiger partial charge in [-0.25, -0.2) is 8.42 Å². The van der Waals surface area contributed by atoms with E-state index in [-0.39, 0.29) is 10.8 Å². The van der Waals surface area contributed by atoms with Crippen LogP contribution in [0.5, 0.6) is 0 Å². The monoisotopic (exact) mass is 213 g/mol. The Hall–Kier alpha value is -1.36. The number of benzene rings is 1. The average molecular weight is 213 g/mol. The van der Waals surface area contributed by atoms with Crippen molar-refractivity contribution in [1.82, 2.24) is 0 Å². The van der Waals surface area contributed by atoms with Gasteiger partial charge in [0.25, 0.3) is 0 Å². The molecule has 0 radical (unpaired) electrons. The lowest BCUT2D eigenvalue weighted by Crippen LogP contribution is -2.05. The maximum atomic E-state index is 11.1. The van der Waals surface area contributed by atoms with Crippen LogP contribution in [0.25, 0.3) is 0 Å². The highest BCUT2D eigenvalue weighted by Crippen LogP contribution is 2.13. The van der Waals surface area contributed by atoms with E-state index in [1.807, 2.05) is 0 Å². The molecule has 0 saturated heterocycles. The first-order valence-electron chi connectivity index (χ1n) is 3.97. The van der Waals surface area contributed by atoms with Gasteiger partial charge in [0.2, 0.25) is 5.91 Å². The van der Waals surface area contributed by atoms with E-state index in [2.05, 4.69) is 5.32 Å². The van der Waals surface area contributed by atoms with Crippen LogP contribution in [-0.2, 0) is 14.6 Å². The molecular weight excluding hydrogens is 202 g/mol. The van der Waals surface area contributed by atoms with Gasteiger partial charge in [0.05, 0.1) is 4.90 Å². The topological polar surface area (TPSA) is 63.2 Å². The fraction of sp³-hybridized carbons (Fsp3) is 0.222. The molecule has 76 valence electrons. The summed E-state index contributed by atoms with van der Waals surface area (Å²) in [5, 5.41) is 2.55. The van der Waals surface area contributed by atoms with Crippen LogP contribution in [0.4, 0.5) is 5.69 Å². The van der Waals surface area contributed by atoms with E-state index in [0.29, 0.717) is 5.69 Å². The van der Waals surface area contributed by atoms with Crippen LogP contribution in [0.1, 0.15) is 6.92 Å². The van der Waals surface area contributed by atoms with Gasteiger partial charge in [-0.1, -0.05) is 0 Å². The van der Waals surface area contributed by atoms with E-state index >= 15 is 0 Å². The standard InChI is InChI=1S/C9H11NO3S/c1-7(11)10-8-3-5-9(6-4-8)14(2,12)13/h3-6H,1-2H3,(H,10,11). The number of carbonyl (C=O) groups excluding carboxylic acids is 1. The van der Waals surface area contributed by atoms with Crippen molar-refractivity contribution in [2.75, 3.05) is 11.6 Å². The molecule has 1 aromatic carbocycles. The molecule has 0 atom stereocenters. The third-order valence-electron chi connectivity index (χ3n) is 1.60. The number of anilines is 1. The Morgan fingerprint density at radius 1 is 1.21 bits per heavy atom. The second-order valence-corrected chi connectivity index (χ2v) is 4.99. The van der Waals surface area contributed by atoms with Gasteiger partial charge in [-0.05, 0) is 24.3 Å². The summed E-state index contributed by atoms with van der Waals surface area (Å²) in [5.41, 5.74) is 0.588. The van der Waals surface area contributed by atoms with Crippen LogP contribution in [-0.4, -0.2) is 20.6 Å². The van der Waals surface area contributed by atoms with Crippen LogP contribution in [0.3, 0.4) is 0 Å². The lowest BCUT2D eigenvalue weighted by atomic mass is 10.3. The molecule has 1 amide bonds. The second kappa shape index (κ2) is 3.79. The number of amides is 1. The summed E-state index contributed by atoms with van der Waals surface area (Å²) in [5.74, 6) is -0.183. The molecular formula is C9H11NO3S. The highest BCUT2D eigenvalue weighted by molar-refractivity contribution is 7.90. The van der Waals surface area contributed by atoms with E-state index < -0.39 is 9.84 Å². The van der Waals surface area contributed by atoms with Crippen LogP contribution in [0.15, 0.2) is 29.2 Å². The lowest BCUT2D eigenvalue weighted by Gasteiger charge is -2.02. The first-order valence-corrected chi connectivity index (χ1v) is 5.86. The summed E-state index contributed by atoms with van der Waals surface area (Å²) in [4.78, 5) is 10.9. The van der Waals surface area contributed by atoms with E-state index in [4.69, 9.17) is 0 Å². The molecule has 1 N–H and O–H groups in total. The number of sulfone groups is 1. The van der Waals surface area contributed by atoms with Crippen LogP contribution in [0.2, 0.25) is 0 Å². The normalized spacial score (nSPS) is 11.0. The molecule has 4 nitrogen and oxygen atoms in total. The lowest BCUT2D eigenvalue weighted by molar-refractivity contribution is -0.114. The summed E-state index contributed by atoms with van der Waals surface area (Å²) in [7, 11) is -3.16. The van der Waals surface area contributed by atoms with Crippen LogP contribution >= 0.6 is 0 Å². The first-order chi connectivity index (χ1) is 6.39. The van der Waals surface area contributed by atoms with Gasteiger partial charge in [-0.15, -0.1) is 0 Å². The first kappa shape index (κ1) is 10.7. The number of hydrogen-bond donors (Lipinski definition) is 1. The van der Waals surface area contributed by atoms with Gasteiger partial charge < -0.3 is 5.32 Å². The maximum absolute atomic E-state index is 11.1. The van der Waals surface area contributed by atoms with Crippen molar-refractivity contribution in [3.8, 4) is 0 Å². The highest BCUT2D eigenvalue weighted by Gasteiger charge is 2.05. The van der Waals surface area contributed by atoms with Gasteiger partial charge >= 0.3 is 0 Å². The molecule has 0 bridgehead atoms. The van der Waals surface area contributed by atoms with Gasteiger partial charge in [0.1, 0.15) is 0 Å². The Balaban J connectivity index is 2.95. The van der Waals surface area contributed by atoms with Gasteiger partial charge in [0.15, 0.2) is 9.84 Å². The molecule has 14 heavy (non-hydrogen) atoms. The zero-order valence-electron chi connectivity index (χ0n) is 7.94. The highest BCUT2D eigenvalue weighted by atomic mass is 32.2. The van der Waals surface area contributed by atoms with E-state index in [1.54, 1.807) is 12.1 Å². The van der Waals surface area contributed by atoms with Gasteiger partial charge in [-0.3, -0.25) is 4.79 Å². The zero-order chi connectivity index (χ0) is 10.8. The Morgan fingerprint density at radius 2 is 1.71 bits per heavy atom. The van der Waals surface area contributed by atoms with E-state index in [1.165, 1.54) is 19.1 Å². The molecule has 1 rings (SSSR count). The molecule has 0 heterocycles. The SMILES string of the molecule is CC(=O)Nc1ccc(S(C)(=O)=O)cc1. The van der Waals surface area contributed by atoms with Crippen molar-refractivity contribution >= 4 is 21.4 Å². The zero-order valence-corrected chi connectivity index (χ0v) is 8.76. The van der Waals surface area contributed by atoms with Crippen molar-refractivity contribution in [3.05, 3.63) is 24.3 Å². The molecule has 0 aromatic heterocycles. The molecule has 0 saturated carbocycles. The van der Waals surface area contributed by atoms with E-state index in [9.17, 15) is 13.2 Å².